The SMILES string of the molecule is CC[C@@H](C)c1nc2ccc(Br)cc2c(=O)n1N=Cc1cc(Br)ccc1OCC(=O)O. The molecule has 1 N–H and O–H groups in total. The minimum Gasteiger partial charge on any atom is -0.481 e. The lowest BCUT2D eigenvalue weighted by atomic mass is 10.1. The van der Waals surface area contributed by atoms with Crippen LogP contribution in [0.5, 0.6) is 5.75 Å². The molecule has 9 heteroatoms. The quantitative estimate of drug-likeness (QED) is 0.438. The summed E-state index contributed by atoms with van der Waals surface area (Å²) in [4.78, 5) is 28.7. The topological polar surface area (TPSA) is 93.8 Å². The molecule has 0 fully saturated rings. The molecule has 156 valence electrons. The highest BCUT2D eigenvalue weighted by Crippen LogP contribution is 2.23. The van der Waals surface area contributed by atoms with Gasteiger partial charge in [-0.05, 0) is 42.8 Å². The zero-order chi connectivity index (χ0) is 21.8. The van der Waals surface area contributed by atoms with Crippen LogP contribution in [0.2, 0.25) is 0 Å². The van der Waals surface area contributed by atoms with Crippen molar-refractivity contribution < 1.29 is 14.6 Å². The van der Waals surface area contributed by atoms with Crippen molar-refractivity contribution in [3.63, 3.8) is 0 Å². The highest BCUT2D eigenvalue weighted by Gasteiger charge is 2.16. The Hall–Kier alpha value is -2.52. The predicted octanol–water partition coefficient (Wildman–Crippen LogP) is 4.78. The second-order valence-electron chi connectivity index (χ2n) is 6.67. The highest BCUT2D eigenvalue weighted by molar-refractivity contribution is 9.10. The van der Waals surface area contributed by atoms with Crippen LogP contribution < -0.4 is 10.3 Å². The first kappa shape index (κ1) is 22.2. The van der Waals surface area contributed by atoms with Gasteiger partial charge in [-0.3, -0.25) is 4.79 Å². The Morgan fingerprint density at radius 2 is 1.97 bits per heavy atom. The largest absolute Gasteiger partial charge is 0.481 e. The number of aliphatic carboxylic acids is 1. The maximum Gasteiger partial charge on any atom is 0.341 e. The number of carboxylic acid groups (broad SMARTS) is 1. The lowest BCUT2D eigenvalue weighted by molar-refractivity contribution is -0.139. The Labute approximate surface area is 189 Å². The van der Waals surface area contributed by atoms with Gasteiger partial charge in [0.1, 0.15) is 11.6 Å². The van der Waals surface area contributed by atoms with Crippen molar-refractivity contribution in [1.82, 2.24) is 9.66 Å². The number of aromatic nitrogens is 2. The zero-order valence-corrected chi connectivity index (χ0v) is 19.5. The Kier molecular flexibility index (Phi) is 7.04. The number of carboxylic acids is 1. The Balaban J connectivity index is 2.14. The van der Waals surface area contributed by atoms with Gasteiger partial charge in [-0.2, -0.15) is 9.78 Å². The van der Waals surface area contributed by atoms with Crippen molar-refractivity contribution in [2.45, 2.75) is 26.2 Å². The van der Waals surface area contributed by atoms with Gasteiger partial charge >= 0.3 is 5.97 Å². The molecule has 0 aliphatic carbocycles. The number of fused-ring (bicyclic) bond motifs is 1. The van der Waals surface area contributed by atoms with Crippen LogP contribution in [-0.2, 0) is 4.79 Å². The van der Waals surface area contributed by atoms with Crippen LogP contribution in [0.15, 0.2) is 55.2 Å². The van der Waals surface area contributed by atoms with Crippen molar-refractivity contribution in [1.29, 1.82) is 0 Å². The number of rotatable bonds is 7. The second kappa shape index (κ2) is 9.53. The maximum atomic E-state index is 13.2. The van der Waals surface area contributed by atoms with Crippen LogP contribution in [-0.4, -0.2) is 33.6 Å². The Morgan fingerprint density at radius 3 is 2.67 bits per heavy atom. The lowest BCUT2D eigenvalue weighted by Gasteiger charge is -2.14. The molecular weight excluding hydrogens is 518 g/mol. The molecule has 0 aliphatic rings. The van der Waals surface area contributed by atoms with Gasteiger partial charge in [-0.15, -0.1) is 0 Å². The fraction of sp³-hybridized carbons (Fsp3) is 0.238. The lowest BCUT2D eigenvalue weighted by Crippen LogP contribution is -2.23. The summed E-state index contributed by atoms with van der Waals surface area (Å²) in [5.41, 5.74) is 0.857. The van der Waals surface area contributed by atoms with Crippen LogP contribution in [0.25, 0.3) is 10.9 Å². The van der Waals surface area contributed by atoms with Crippen molar-refractivity contribution in [2.75, 3.05) is 6.61 Å². The number of hydrogen-bond acceptors (Lipinski definition) is 5. The smallest absolute Gasteiger partial charge is 0.341 e. The Bertz CT molecular complexity index is 1190. The van der Waals surface area contributed by atoms with Crippen LogP contribution in [0.3, 0.4) is 0 Å². The normalized spacial score (nSPS) is 12.4. The molecule has 1 heterocycles. The first-order chi connectivity index (χ1) is 14.3. The van der Waals surface area contributed by atoms with Crippen LogP contribution >= 0.6 is 31.9 Å². The van der Waals surface area contributed by atoms with Crippen LogP contribution in [0.1, 0.15) is 37.6 Å². The molecule has 0 radical (unpaired) electrons. The summed E-state index contributed by atoms with van der Waals surface area (Å²) in [6.07, 6.45) is 2.26. The number of nitrogens with zero attached hydrogens (tertiary/aromatic N) is 3. The number of carbonyl (C=O) groups is 1. The molecule has 0 saturated carbocycles. The molecule has 0 aliphatic heterocycles. The minimum absolute atomic E-state index is 0.00753. The van der Waals surface area contributed by atoms with Gasteiger partial charge in [-0.1, -0.05) is 45.7 Å². The van der Waals surface area contributed by atoms with Crippen molar-refractivity contribution >= 4 is 54.9 Å². The van der Waals surface area contributed by atoms with E-state index in [1.165, 1.54) is 10.9 Å². The van der Waals surface area contributed by atoms with E-state index in [0.29, 0.717) is 28.0 Å². The number of hydrogen-bond donors (Lipinski definition) is 1. The molecule has 0 unspecified atom stereocenters. The predicted molar refractivity (Wildman–Crippen MR) is 123 cm³/mol. The van der Waals surface area contributed by atoms with Gasteiger partial charge in [0.25, 0.3) is 5.56 Å². The summed E-state index contributed by atoms with van der Waals surface area (Å²) in [5.74, 6) is -0.177. The van der Waals surface area contributed by atoms with E-state index in [0.717, 1.165) is 15.4 Å². The van der Waals surface area contributed by atoms with Crippen molar-refractivity contribution in [2.24, 2.45) is 5.10 Å². The third-order valence-corrected chi connectivity index (χ3v) is 5.51. The first-order valence-electron chi connectivity index (χ1n) is 9.20. The fourth-order valence-corrected chi connectivity index (χ4v) is 3.53. The molecule has 0 saturated heterocycles. The van der Waals surface area contributed by atoms with E-state index in [2.05, 4.69) is 41.9 Å². The summed E-state index contributed by atoms with van der Waals surface area (Å²) in [5, 5.41) is 13.7. The van der Waals surface area contributed by atoms with E-state index in [1.807, 2.05) is 19.9 Å². The average molecular weight is 537 g/mol. The van der Waals surface area contributed by atoms with Gasteiger partial charge in [0, 0.05) is 20.4 Å². The number of ether oxygens (including phenoxy) is 1. The molecule has 1 aromatic heterocycles. The van der Waals surface area contributed by atoms with E-state index >= 15 is 0 Å². The summed E-state index contributed by atoms with van der Waals surface area (Å²) >= 11 is 6.78. The summed E-state index contributed by atoms with van der Waals surface area (Å²) < 4.78 is 8.17. The summed E-state index contributed by atoms with van der Waals surface area (Å²) in [6.45, 7) is 3.52. The van der Waals surface area contributed by atoms with Gasteiger partial charge in [0.05, 0.1) is 17.1 Å². The van der Waals surface area contributed by atoms with Gasteiger partial charge < -0.3 is 9.84 Å². The molecule has 30 heavy (non-hydrogen) atoms. The van der Waals surface area contributed by atoms with Crippen LogP contribution in [0, 0.1) is 0 Å². The first-order valence-corrected chi connectivity index (χ1v) is 10.8. The fourth-order valence-electron chi connectivity index (χ4n) is 2.79. The molecule has 2 aromatic carbocycles. The molecule has 0 spiro atoms. The second-order valence-corrected chi connectivity index (χ2v) is 8.50. The molecule has 7 nitrogen and oxygen atoms in total. The Morgan fingerprint density at radius 1 is 1.27 bits per heavy atom. The molecule has 3 rings (SSSR count). The van der Waals surface area contributed by atoms with Crippen molar-refractivity contribution in [3.8, 4) is 5.75 Å². The molecular formula is C21H19Br2N3O4. The highest BCUT2D eigenvalue weighted by atomic mass is 79.9. The zero-order valence-electron chi connectivity index (χ0n) is 16.3. The molecule has 0 amide bonds. The van der Waals surface area contributed by atoms with E-state index in [4.69, 9.17) is 9.84 Å². The van der Waals surface area contributed by atoms with Gasteiger partial charge in [-0.25, -0.2) is 9.78 Å². The third kappa shape index (κ3) is 4.96. The summed E-state index contributed by atoms with van der Waals surface area (Å²) in [6, 6.07) is 10.5. The summed E-state index contributed by atoms with van der Waals surface area (Å²) in [7, 11) is 0. The molecule has 0 bridgehead atoms. The average Bonchev–Trinajstić information content (AvgIpc) is 2.72. The van der Waals surface area contributed by atoms with E-state index in [-0.39, 0.29) is 11.5 Å². The number of halogens is 2. The monoisotopic (exact) mass is 535 g/mol. The van der Waals surface area contributed by atoms with E-state index in [9.17, 15) is 9.59 Å². The third-order valence-electron chi connectivity index (χ3n) is 4.52. The van der Waals surface area contributed by atoms with Gasteiger partial charge in [0.2, 0.25) is 0 Å². The molecule has 3 aromatic rings. The minimum atomic E-state index is -1.08. The maximum absolute atomic E-state index is 13.2. The standard InChI is InChI=1S/C21H19Br2N3O4/c1-3-12(2)20-25-17-6-4-15(23)9-16(17)21(29)26(20)24-10-13-8-14(22)5-7-18(13)30-11-19(27)28/h4-10,12H,3,11H2,1-2H3,(H,27,28)/t12-/m1/s1. The van der Waals surface area contributed by atoms with Crippen LogP contribution in [0.4, 0.5) is 0 Å². The van der Waals surface area contributed by atoms with Gasteiger partial charge in [0.15, 0.2) is 6.61 Å². The van der Waals surface area contributed by atoms with E-state index < -0.39 is 12.6 Å². The van der Waals surface area contributed by atoms with E-state index in [1.54, 1.807) is 30.3 Å². The number of benzene rings is 2. The molecule has 1 atom stereocenters. The van der Waals surface area contributed by atoms with Crippen molar-refractivity contribution in [3.05, 3.63) is 67.1 Å².